The lowest BCUT2D eigenvalue weighted by molar-refractivity contribution is -0.142. The van der Waals surface area contributed by atoms with E-state index in [9.17, 15) is 23.1 Å². The predicted octanol–water partition coefficient (Wildman–Crippen LogP) is 2.08. The summed E-state index contributed by atoms with van der Waals surface area (Å²) in [5, 5.41) is 11.8. The lowest BCUT2D eigenvalue weighted by Crippen LogP contribution is -2.41. The Kier molecular flexibility index (Phi) is 10.7. The van der Waals surface area contributed by atoms with Gasteiger partial charge in [0, 0.05) is 13.0 Å². The van der Waals surface area contributed by atoms with Gasteiger partial charge in [0.05, 0.1) is 5.75 Å². The highest BCUT2D eigenvalue weighted by Gasteiger charge is 2.19. The highest BCUT2D eigenvalue weighted by molar-refractivity contribution is 7.89. The number of unbranched alkanes of at least 4 members (excludes halogenated alkanes) is 2. The highest BCUT2D eigenvalue weighted by Crippen LogP contribution is 2.05. The number of aliphatic carboxylic acids is 1. The van der Waals surface area contributed by atoms with Crippen LogP contribution in [0, 0.1) is 0 Å². The van der Waals surface area contributed by atoms with Crippen LogP contribution in [0.2, 0.25) is 0 Å². The first-order chi connectivity index (χ1) is 12.8. The van der Waals surface area contributed by atoms with E-state index >= 15 is 0 Å². The number of sulfonamides is 1. The molecule has 0 bridgehead atoms. The van der Waals surface area contributed by atoms with Crippen molar-refractivity contribution < 1.29 is 23.1 Å². The molecule has 1 rings (SSSR count). The van der Waals surface area contributed by atoms with Crippen LogP contribution in [0.1, 0.15) is 51.0 Å². The van der Waals surface area contributed by atoms with E-state index in [1.807, 2.05) is 37.3 Å². The van der Waals surface area contributed by atoms with Gasteiger partial charge in [0.25, 0.3) is 0 Å². The smallest absolute Gasteiger partial charge is 0.326 e. The lowest BCUT2D eigenvalue weighted by Gasteiger charge is -2.14. The monoisotopic (exact) mass is 398 g/mol. The number of amides is 1. The molecule has 3 N–H and O–H groups in total. The van der Waals surface area contributed by atoms with Crippen molar-refractivity contribution in [1.82, 2.24) is 10.0 Å². The second kappa shape index (κ2) is 12.5. The minimum Gasteiger partial charge on any atom is -0.480 e. The second-order valence-electron chi connectivity index (χ2n) is 6.51. The maximum Gasteiger partial charge on any atom is 0.326 e. The lowest BCUT2D eigenvalue weighted by atomic mass is 10.1. The maximum absolute atomic E-state index is 12.0. The van der Waals surface area contributed by atoms with E-state index in [-0.39, 0.29) is 31.0 Å². The van der Waals surface area contributed by atoms with Gasteiger partial charge in [-0.05, 0) is 37.7 Å². The molecule has 0 radical (unpaired) electrons. The Bertz CT molecular complexity index is 677. The van der Waals surface area contributed by atoms with Crippen LogP contribution in [0.3, 0.4) is 0 Å². The van der Waals surface area contributed by atoms with Crippen molar-refractivity contribution in [3.63, 3.8) is 0 Å². The Morgan fingerprint density at radius 2 is 1.81 bits per heavy atom. The molecule has 1 unspecified atom stereocenters. The van der Waals surface area contributed by atoms with E-state index in [0.29, 0.717) is 25.7 Å². The number of carbonyl (C=O) groups excluding carboxylic acids is 1. The number of hydrogen-bond acceptors (Lipinski definition) is 4. The van der Waals surface area contributed by atoms with Crippen LogP contribution in [0.15, 0.2) is 30.3 Å². The number of nitrogens with one attached hydrogen (secondary N) is 2. The molecule has 0 saturated heterocycles. The van der Waals surface area contributed by atoms with Crippen LogP contribution in [-0.2, 0) is 26.0 Å². The normalized spacial score (nSPS) is 12.5. The van der Waals surface area contributed by atoms with E-state index < -0.39 is 22.0 Å². The first-order valence-electron chi connectivity index (χ1n) is 9.37. The van der Waals surface area contributed by atoms with Crippen molar-refractivity contribution in [2.75, 3.05) is 12.3 Å². The predicted molar refractivity (Wildman–Crippen MR) is 105 cm³/mol. The van der Waals surface area contributed by atoms with E-state index in [1.54, 1.807) is 0 Å². The average molecular weight is 399 g/mol. The van der Waals surface area contributed by atoms with E-state index in [2.05, 4.69) is 10.0 Å². The van der Waals surface area contributed by atoms with Gasteiger partial charge >= 0.3 is 5.97 Å². The van der Waals surface area contributed by atoms with Gasteiger partial charge in [-0.25, -0.2) is 17.9 Å². The Hall–Kier alpha value is -1.93. The van der Waals surface area contributed by atoms with Gasteiger partial charge in [-0.3, -0.25) is 4.79 Å². The molecular formula is C19H30N2O5S. The van der Waals surface area contributed by atoms with Gasteiger partial charge in [-0.1, -0.05) is 43.7 Å². The maximum atomic E-state index is 12.0. The molecule has 1 aromatic carbocycles. The molecule has 0 spiro atoms. The van der Waals surface area contributed by atoms with Gasteiger partial charge in [0.15, 0.2) is 0 Å². The Morgan fingerprint density at radius 1 is 1.11 bits per heavy atom. The Morgan fingerprint density at radius 3 is 2.44 bits per heavy atom. The number of carboxylic acids is 1. The van der Waals surface area contributed by atoms with Crippen LogP contribution in [0.5, 0.6) is 0 Å². The molecule has 27 heavy (non-hydrogen) atoms. The molecule has 1 aromatic rings. The molecule has 1 atom stereocenters. The molecule has 0 fully saturated rings. The minimum absolute atomic E-state index is 0.110. The summed E-state index contributed by atoms with van der Waals surface area (Å²) in [6.45, 7) is 2.20. The third kappa shape index (κ3) is 10.7. The second-order valence-corrected chi connectivity index (χ2v) is 8.43. The Balaban J connectivity index is 2.29. The van der Waals surface area contributed by atoms with Gasteiger partial charge in [-0.15, -0.1) is 0 Å². The first kappa shape index (κ1) is 23.1. The van der Waals surface area contributed by atoms with Crippen molar-refractivity contribution in [2.45, 2.75) is 57.9 Å². The molecule has 0 aromatic heterocycles. The number of benzene rings is 1. The summed E-state index contributed by atoms with van der Waals surface area (Å²) in [6, 6.07) is 8.57. The van der Waals surface area contributed by atoms with Gasteiger partial charge in [0.2, 0.25) is 15.9 Å². The summed E-state index contributed by atoms with van der Waals surface area (Å²) < 4.78 is 25.8. The topological polar surface area (TPSA) is 113 Å². The molecular weight excluding hydrogens is 368 g/mol. The number of aryl methyl sites for hydroxylation is 1. The fourth-order valence-electron chi connectivity index (χ4n) is 2.53. The zero-order valence-electron chi connectivity index (χ0n) is 15.8. The van der Waals surface area contributed by atoms with Crippen molar-refractivity contribution >= 4 is 21.9 Å². The standard InChI is InChI=1S/C19H30N2O5S/c1-2-3-15-27(25,26)20-14-8-7-11-17(19(23)24)21-18(22)13-12-16-9-5-4-6-10-16/h4-6,9-10,17,20H,2-3,7-8,11-15H2,1H3,(H,21,22)(H,23,24). The fourth-order valence-corrected chi connectivity index (χ4v) is 3.80. The van der Waals surface area contributed by atoms with Gasteiger partial charge < -0.3 is 10.4 Å². The zero-order chi connectivity index (χ0) is 20.1. The van der Waals surface area contributed by atoms with E-state index in [1.165, 1.54) is 0 Å². The number of carboxylic acid groups (broad SMARTS) is 1. The van der Waals surface area contributed by atoms with Gasteiger partial charge in [0.1, 0.15) is 6.04 Å². The molecule has 0 heterocycles. The van der Waals surface area contributed by atoms with Crippen LogP contribution < -0.4 is 10.0 Å². The zero-order valence-corrected chi connectivity index (χ0v) is 16.6. The largest absolute Gasteiger partial charge is 0.480 e. The molecule has 152 valence electrons. The number of carbonyl (C=O) groups is 2. The first-order valence-corrected chi connectivity index (χ1v) is 11.0. The molecule has 7 nitrogen and oxygen atoms in total. The van der Waals surface area contributed by atoms with Crippen LogP contribution >= 0.6 is 0 Å². The van der Waals surface area contributed by atoms with Crippen LogP contribution in [0.25, 0.3) is 0 Å². The molecule has 0 aliphatic rings. The summed E-state index contributed by atoms with van der Waals surface area (Å²) in [4.78, 5) is 23.3. The number of hydrogen-bond donors (Lipinski definition) is 3. The summed E-state index contributed by atoms with van der Waals surface area (Å²) in [6.07, 6.45) is 3.50. The highest BCUT2D eigenvalue weighted by atomic mass is 32.2. The minimum atomic E-state index is -3.25. The molecule has 1 amide bonds. The molecule has 0 aliphatic heterocycles. The van der Waals surface area contributed by atoms with E-state index in [4.69, 9.17) is 0 Å². The number of rotatable bonds is 14. The van der Waals surface area contributed by atoms with Crippen LogP contribution in [0.4, 0.5) is 0 Å². The third-order valence-corrected chi connectivity index (χ3v) is 5.60. The van der Waals surface area contributed by atoms with Crippen LogP contribution in [-0.4, -0.2) is 43.7 Å². The SMILES string of the molecule is CCCCS(=O)(=O)NCCCCC(NC(=O)CCc1ccccc1)C(=O)O. The summed E-state index contributed by atoms with van der Waals surface area (Å²) in [5.41, 5.74) is 1.02. The fraction of sp³-hybridized carbons (Fsp3) is 0.579. The average Bonchev–Trinajstić information content (AvgIpc) is 2.64. The molecule has 0 saturated carbocycles. The van der Waals surface area contributed by atoms with Crippen molar-refractivity contribution in [2.24, 2.45) is 0 Å². The summed E-state index contributed by atoms with van der Waals surface area (Å²) >= 11 is 0. The van der Waals surface area contributed by atoms with Crippen molar-refractivity contribution in [1.29, 1.82) is 0 Å². The van der Waals surface area contributed by atoms with Gasteiger partial charge in [-0.2, -0.15) is 0 Å². The quantitative estimate of drug-likeness (QED) is 0.415. The third-order valence-electron chi connectivity index (χ3n) is 4.13. The Labute approximate surface area is 161 Å². The molecule has 8 heteroatoms. The van der Waals surface area contributed by atoms with Crippen molar-refractivity contribution in [3.05, 3.63) is 35.9 Å². The van der Waals surface area contributed by atoms with E-state index in [0.717, 1.165) is 12.0 Å². The summed E-state index contributed by atoms with van der Waals surface area (Å²) in [7, 11) is -3.25. The van der Waals surface area contributed by atoms with Crippen molar-refractivity contribution in [3.8, 4) is 0 Å². The molecule has 0 aliphatic carbocycles. The summed E-state index contributed by atoms with van der Waals surface area (Å²) in [5.74, 6) is -1.27.